The Morgan fingerprint density at radius 2 is 2.21 bits per heavy atom. The average molecular weight is 293 g/mol. The van der Waals surface area contributed by atoms with Crippen LogP contribution in [0, 0.1) is 6.92 Å². The molecule has 0 fully saturated rings. The average Bonchev–Trinajstić information content (AvgIpc) is 2.36. The number of rotatable bonds is 4. The van der Waals surface area contributed by atoms with Crippen LogP contribution < -0.4 is 0 Å². The predicted octanol–water partition coefficient (Wildman–Crippen LogP) is 3.93. The largest absolute Gasteiger partial charge is 0.294 e. The van der Waals surface area contributed by atoms with Crippen LogP contribution in [0.5, 0.6) is 0 Å². The summed E-state index contributed by atoms with van der Waals surface area (Å²) in [7, 11) is 0. The molecule has 1 heterocycles. The number of ketones is 1. The highest BCUT2D eigenvalue weighted by Crippen LogP contribution is 2.24. The Labute approximate surface area is 121 Å². The van der Waals surface area contributed by atoms with Gasteiger partial charge in [0.05, 0.1) is 17.0 Å². The number of carbonyl (C=O) groups is 1. The van der Waals surface area contributed by atoms with E-state index in [4.69, 9.17) is 11.6 Å². The monoisotopic (exact) mass is 292 g/mol. The van der Waals surface area contributed by atoms with Gasteiger partial charge in [-0.1, -0.05) is 17.7 Å². The zero-order chi connectivity index (χ0) is 13.8. The standard InChI is InChI=1S/C14H13ClN2OS/c1-9-13(10(2)18)7-16-14(17-9)8-19-12-5-3-4-11(15)6-12/h3-7H,8H2,1-2H3. The van der Waals surface area contributed by atoms with Crippen molar-refractivity contribution in [3.8, 4) is 0 Å². The highest BCUT2D eigenvalue weighted by molar-refractivity contribution is 7.98. The molecule has 19 heavy (non-hydrogen) atoms. The van der Waals surface area contributed by atoms with Gasteiger partial charge in [0.2, 0.25) is 0 Å². The van der Waals surface area contributed by atoms with Crippen molar-refractivity contribution in [3.63, 3.8) is 0 Å². The lowest BCUT2D eigenvalue weighted by molar-refractivity contribution is 0.101. The smallest absolute Gasteiger partial charge is 0.163 e. The first kappa shape index (κ1) is 14.0. The van der Waals surface area contributed by atoms with Crippen LogP contribution in [0.3, 0.4) is 0 Å². The van der Waals surface area contributed by atoms with Crippen molar-refractivity contribution in [1.82, 2.24) is 9.97 Å². The summed E-state index contributed by atoms with van der Waals surface area (Å²) in [4.78, 5) is 20.9. The first-order valence-corrected chi connectivity index (χ1v) is 7.14. The number of aryl methyl sites for hydroxylation is 1. The van der Waals surface area contributed by atoms with Gasteiger partial charge in [0.1, 0.15) is 5.82 Å². The number of hydrogen-bond donors (Lipinski definition) is 0. The van der Waals surface area contributed by atoms with Gasteiger partial charge in [-0.05, 0) is 32.0 Å². The van der Waals surface area contributed by atoms with Crippen LogP contribution in [0.15, 0.2) is 35.4 Å². The zero-order valence-electron chi connectivity index (χ0n) is 10.7. The Hall–Kier alpha value is -1.39. The topological polar surface area (TPSA) is 42.9 Å². The summed E-state index contributed by atoms with van der Waals surface area (Å²) in [5.74, 6) is 1.36. The highest BCUT2D eigenvalue weighted by Gasteiger charge is 2.07. The van der Waals surface area contributed by atoms with Crippen molar-refractivity contribution in [2.24, 2.45) is 0 Å². The molecule has 2 aromatic rings. The molecule has 2 rings (SSSR count). The second-order valence-electron chi connectivity index (χ2n) is 4.09. The molecule has 1 aromatic carbocycles. The third kappa shape index (κ3) is 3.78. The molecule has 0 saturated carbocycles. The number of benzene rings is 1. The Kier molecular flexibility index (Phi) is 4.56. The van der Waals surface area contributed by atoms with Gasteiger partial charge in [0.25, 0.3) is 0 Å². The molecule has 0 atom stereocenters. The maximum absolute atomic E-state index is 11.3. The summed E-state index contributed by atoms with van der Waals surface area (Å²) in [6, 6.07) is 7.65. The van der Waals surface area contributed by atoms with Gasteiger partial charge < -0.3 is 0 Å². The van der Waals surface area contributed by atoms with E-state index in [1.807, 2.05) is 31.2 Å². The van der Waals surface area contributed by atoms with E-state index >= 15 is 0 Å². The molecule has 0 unspecified atom stereocenters. The molecule has 0 N–H and O–H groups in total. The molecule has 0 bridgehead atoms. The summed E-state index contributed by atoms with van der Waals surface area (Å²) in [5, 5.41) is 0.717. The van der Waals surface area contributed by atoms with Gasteiger partial charge >= 0.3 is 0 Å². The molecule has 5 heteroatoms. The lowest BCUT2D eigenvalue weighted by atomic mass is 10.2. The molecule has 3 nitrogen and oxygen atoms in total. The Balaban J connectivity index is 2.08. The fourth-order valence-corrected chi connectivity index (χ4v) is 2.71. The van der Waals surface area contributed by atoms with Crippen LogP contribution in [0.1, 0.15) is 28.8 Å². The Morgan fingerprint density at radius 3 is 2.84 bits per heavy atom. The second kappa shape index (κ2) is 6.17. The van der Waals surface area contributed by atoms with Crippen LogP contribution >= 0.6 is 23.4 Å². The van der Waals surface area contributed by atoms with Crippen molar-refractivity contribution in [3.05, 3.63) is 52.6 Å². The summed E-state index contributed by atoms with van der Waals surface area (Å²) in [5.41, 5.74) is 1.31. The summed E-state index contributed by atoms with van der Waals surface area (Å²) in [6.45, 7) is 3.35. The van der Waals surface area contributed by atoms with Crippen molar-refractivity contribution in [1.29, 1.82) is 0 Å². The third-order valence-electron chi connectivity index (χ3n) is 2.57. The molecule has 0 spiro atoms. The molecule has 0 saturated heterocycles. The van der Waals surface area contributed by atoms with E-state index in [0.717, 1.165) is 10.6 Å². The molecule has 98 valence electrons. The lowest BCUT2D eigenvalue weighted by Crippen LogP contribution is -2.03. The minimum atomic E-state index is -0.00783. The summed E-state index contributed by atoms with van der Waals surface area (Å²) >= 11 is 7.54. The molecule has 0 radical (unpaired) electrons. The van der Waals surface area contributed by atoms with Crippen molar-refractivity contribution in [2.45, 2.75) is 24.5 Å². The number of aromatic nitrogens is 2. The quantitative estimate of drug-likeness (QED) is 0.632. The summed E-state index contributed by atoms with van der Waals surface area (Å²) < 4.78 is 0. The first-order chi connectivity index (χ1) is 9.06. The van der Waals surface area contributed by atoms with E-state index in [-0.39, 0.29) is 5.78 Å². The Bertz CT molecular complexity index is 616. The molecule has 0 aliphatic rings. The van der Waals surface area contributed by atoms with Gasteiger partial charge in [0, 0.05) is 16.1 Å². The molecule has 0 aliphatic carbocycles. The molecular weight excluding hydrogens is 280 g/mol. The molecular formula is C14H13ClN2OS. The predicted molar refractivity (Wildman–Crippen MR) is 77.8 cm³/mol. The minimum Gasteiger partial charge on any atom is -0.294 e. The van der Waals surface area contributed by atoms with Crippen LogP contribution in [0.4, 0.5) is 0 Å². The molecule has 1 aromatic heterocycles. The normalized spacial score (nSPS) is 10.5. The minimum absolute atomic E-state index is 0.00783. The summed E-state index contributed by atoms with van der Waals surface area (Å²) in [6.07, 6.45) is 1.60. The van der Waals surface area contributed by atoms with E-state index < -0.39 is 0 Å². The van der Waals surface area contributed by atoms with Crippen LogP contribution in [-0.2, 0) is 5.75 Å². The van der Waals surface area contributed by atoms with Crippen LogP contribution in [-0.4, -0.2) is 15.8 Å². The van der Waals surface area contributed by atoms with Crippen molar-refractivity contribution >= 4 is 29.1 Å². The van der Waals surface area contributed by atoms with Crippen LogP contribution in [0.25, 0.3) is 0 Å². The van der Waals surface area contributed by atoms with Crippen molar-refractivity contribution in [2.75, 3.05) is 0 Å². The fourth-order valence-electron chi connectivity index (χ4n) is 1.64. The van der Waals surface area contributed by atoms with Gasteiger partial charge in [-0.3, -0.25) is 4.79 Å². The van der Waals surface area contributed by atoms with Crippen molar-refractivity contribution < 1.29 is 4.79 Å². The SMILES string of the molecule is CC(=O)c1cnc(CSc2cccc(Cl)c2)nc1C. The molecule has 0 amide bonds. The zero-order valence-corrected chi connectivity index (χ0v) is 12.3. The van der Waals surface area contributed by atoms with E-state index in [1.54, 1.807) is 18.0 Å². The molecule has 0 aliphatic heterocycles. The van der Waals surface area contributed by atoms with Gasteiger partial charge in [-0.2, -0.15) is 0 Å². The maximum Gasteiger partial charge on any atom is 0.163 e. The Morgan fingerprint density at radius 1 is 1.42 bits per heavy atom. The van der Waals surface area contributed by atoms with Gasteiger partial charge in [-0.15, -0.1) is 11.8 Å². The second-order valence-corrected chi connectivity index (χ2v) is 5.57. The van der Waals surface area contributed by atoms with E-state index in [9.17, 15) is 4.79 Å². The van der Waals surface area contributed by atoms with Crippen LogP contribution in [0.2, 0.25) is 5.02 Å². The van der Waals surface area contributed by atoms with Gasteiger partial charge in [-0.25, -0.2) is 9.97 Å². The highest BCUT2D eigenvalue weighted by atomic mass is 35.5. The number of halogens is 1. The number of nitrogens with zero attached hydrogens (tertiary/aromatic N) is 2. The number of Topliss-reactive ketones (excluding diaryl/α,β-unsaturated/α-hetero) is 1. The van der Waals surface area contributed by atoms with E-state index in [2.05, 4.69) is 9.97 Å². The third-order valence-corrected chi connectivity index (χ3v) is 3.80. The fraction of sp³-hybridized carbons (Fsp3) is 0.214. The number of hydrogen-bond acceptors (Lipinski definition) is 4. The lowest BCUT2D eigenvalue weighted by Gasteiger charge is -2.04. The maximum atomic E-state index is 11.3. The first-order valence-electron chi connectivity index (χ1n) is 5.78. The van der Waals surface area contributed by atoms with E-state index in [0.29, 0.717) is 22.2 Å². The van der Waals surface area contributed by atoms with Gasteiger partial charge in [0.15, 0.2) is 5.78 Å². The number of carbonyl (C=O) groups excluding carboxylic acids is 1. The number of thioether (sulfide) groups is 1. The van der Waals surface area contributed by atoms with E-state index in [1.165, 1.54) is 6.92 Å².